The highest BCUT2D eigenvalue weighted by atomic mass is 16.5. The highest BCUT2D eigenvalue weighted by Gasteiger charge is 2.30. The van der Waals surface area contributed by atoms with Gasteiger partial charge in [0, 0.05) is 59.2 Å². The van der Waals surface area contributed by atoms with E-state index < -0.39 is 0 Å². The molecule has 3 heterocycles. The largest absolute Gasteiger partial charge is 0.381 e. The summed E-state index contributed by atoms with van der Waals surface area (Å²) in [5.41, 5.74) is 1.27. The number of carbonyl (C=O) groups is 1. The Hall–Kier alpha value is -1.44. The number of amides is 1. The Balaban J connectivity index is 1.55. The van der Waals surface area contributed by atoms with E-state index in [-0.39, 0.29) is 12.5 Å². The molecule has 3 rings (SSSR count). The maximum Gasteiger partial charge on any atom is 0.248 e. The summed E-state index contributed by atoms with van der Waals surface area (Å²) in [6.45, 7) is 4.40. The molecule has 1 aromatic rings. The van der Waals surface area contributed by atoms with Crippen LogP contribution in [0.4, 0.5) is 0 Å². The van der Waals surface area contributed by atoms with Crippen molar-refractivity contribution in [2.75, 3.05) is 47.1 Å². The van der Waals surface area contributed by atoms with E-state index in [4.69, 9.17) is 9.47 Å². The smallest absolute Gasteiger partial charge is 0.248 e. The predicted molar refractivity (Wildman–Crippen MR) is 89.6 cm³/mol. The van der Waals surface area contributed by atoms with Gasteiger partial charge in [-0.05, 0) is 25.3 Å². The molecule has 1 saturated heterocycles. The van der Waals surface area contributed by atoms with Gasteiger partial charge in [0.15, 0.2) is 0 Å². The Kier molecular flexibility index (Phi) is 5.86. The number of rotatable bonds is 6. The van der Waals surface area contributed by atoms with Crippen molar-refractivity contribution in [2.45, 2.75) is 37.9 Å². The van der Waals surface area contributed by atoms with Crippen molar-refractivity contribution in [1.29, 1.82) is 0 Å². The van der Waals surface area contributed by atoms with Crippen LogP contribution in [-0.4, -0.2) is 78.6 Å². The highest BCUT2D eigenvalue weighted by molar-refractivity contribution is 5.76. The van der Waals surface area contributed by atoms with Gasteiger partial charge in [0.25, 0.3) is 0 Å². The minimum atomic E-state index is 0.00209. The fraction of sp³-hybridized carbons (Fsp3) is 0.765. The maximum atomic E-state index is 11.6. The second-order valence-electron chi connectivity index (χ2n) is 6.82. The van der Waals surface area contributed by atoms with Crippen LogP contribution >= 0.6 is 0 Å². The van der Waals surface area contributed by atoms with Gasteiger partial charge in [-0.2, -0.15) is 5.10 Å². The Morgan fingerprint density at radius 1 is 1.42 bits per heavy atom. The molecule has 1 aromatic heterocycles. The average molecular weight is 336 g/mol. The van der Waals surface area contributed by atoms with Crippen molar-refractivity contribution in [3.8, 4) is 0 Å². The molecule has 0 N–H and O–H groups in total. The number of hydrogen-bond donors (Lipinski definition) is 0. The lowest BCUT2D eigenvalue weighted by molar-refractivity contribution is -0.133. The van der Waals surface area contributed by atoms with Gasteiger partial charge in [-0.25, -0.2) is 0 Å². The number of nitrogens with zero attached hydrogens (tertiary/aromatic N) is 4. The third kappa shape index (κ3) is 4.15. The van der Waals surface area contributed by atoms with E-state index in [1.54, 1.807) is 19.0 Å². The number of fused-ring (bicyclic) bond motifs is 1. The van der Waals surface area contributed by atoms with Gasteiger partial charge in [-0.15, -0.1) is 0 Å². The summed E-state index contributed by atoms with van der Waals surface area (Å²) in [6.07, 6.45) is 4.96. The van der Waals surface area contributed by atoms with E-state index in [1.165, 1.54) is 5.69 Å². The first kappa shape index (κ1) is 17.4. The molecule has 24 heavy (non-hydrogen) atoms. The molecule has 2 aliphatic rings. The molecule has 7 heteroatoms. The normalized spacial score (nSPS) is 22.3. The molecule has 7 nitrogen and oxygen atoms in total. The molecule has 1 fully saturated rings. The first-order valence-corrected chi connectivity index (χ1v) is 8.77. The molecule has 0 aromatic carbocycles. The molecule has 1 amide bonds. The van der Waals surface area contributed by atoms with E-state index in [0.29, 0.717) is 18.7 Å². The van der Waals surface area contributed by atoms with Crippen LogP contribution in [0.1, 0.15) is 31.0 Å². The monoisotopic (exact) mass is 336 g/mol. The molecule has 0 radical (unpaired) electrons. The molecule has 0 bridgehead atoms. The highest BCUT2D eigenvalue weighted by Crippen LogP contribution is 2.27. The summed E-state index contributed by atoms with van der Waals surface area (Å²) < 4.78 is 13.2. The lowest BCUT2D eigenvalue weighted by Gasteiger charge is -2.40. The molecular weight excluding hydrogens is 308 g/mol. The van der Waals surface area contributed by atoms with Crippen LogP contribution in [0.5, 0.6) is 0 Å². The molecule has 0 unspecified atom stereocenters. The summed E-state index contributed by atoms with van der Waals surface area (Å²) in [7, 11) is 3.49. The fourth-order valence-electron chi connectivity index (χ4n) is 3.47. The Morgan fingerprint density at radius 2 is 2.21 bits per heavy atom. The van der Waals surface area contributed by atoms with E-state index in [2.05, 4.69) is 20.7 Å². The van der Waals surface area contributed by atoms with Crippen LogP contribution in [-0.2, 0) is 20.8 Å². The van der Waals surface area contributed by atoms with Gasteiger partial charge in [-0.3, -0.25) is 14.4 Å². The summed E-state index contributed by atoms with van der Waals surface area (Å²) in [6, 6.07) is 3.01. The van der Waals surface area contributed by atoms with E-state index in [1.807, 2.05) is 6.20 Å². The molecule has 1 atom stereocenters. The predicted octanol–water partition coefficient (Wildman–Crippen LogP) is 0.914. The third-order valence-corrected chi connectivity index (χ3v) is 4.94. The molecule has 134 valence electrons. The van der Waals surface area contributed by atoms with Crippen LogP contribution in [0.15, 0.2) is 12.3 Å². The van der Waals surface area contributed by atoms with Gasteiger partial charge >= 0.3 is 0 Å². The molecule has 0 aliphatic carbocycles. The SMILES string of the molecule is CN(C)C(=O)COCC[C@@H]1CN(C2CCOCC2)Cc2ccnn21. The van der Waals surface area contributed by atoms with Crippen molar-refractivity contribution in [3.05, 3.63) is 18.0 Å². The summed E-state index contributed by atoms with van der Waals surface area (Å²) in [5.74, 6) is 0.00209. The molecule has 2 aliphatic heterocycles. The zero-order valence-corrected chi connectivity index (χ0v) is 14.7. The van der Waals surface area contributed by atoms with Crippen LogP contribution in [0, 0.1) is 0 Å². The molecule has 0 spiro atoms. The first-order chi connectivity index (χ1) is 11.6. The summed E-state index contributed by atoms with van der Waals surface area (Å²) in [4.78, 5) is 15.7. The fourth-order valence-corrected chi connectivity index (χ4v) is 3.47. The van der Waals surface area contributed by atoms with Crippen LogP contribution < -0.4 is 0 Å². The number of aromatic nitrogens is 2. The topological polar surface area (TPSA) is 59.8 Å². The second kappa shape index (κ2) is 8.09. The van der Waals surface area contributed by atoms with Crippen molar-refractivity contribution in [3.63, 3.8) is 0 Å². The van der Waals surface area contributed by atoms with Crippen molar-refractivity contribution in [1.82, 2.24) is 19.6 Å². The lowest BCUT2D eigenvalue weighted by Crippen LogP contribution is -2.46. The second-order valence-corrected chi connectivity index (χ2v) is 6.82. The van der Waals surface area contributed by atoms with Gasteiger partial charge in [-0.1, -0.05) is 0 Å². The van der Waals surface area contributed by atoms with Gasteiger partial charge in [0.1, 0.15) is 6.61 Å². The number of ether oxygens (including phenoxy) is 2. The van der Waals surface area contributed by atoms with Gasteiger partial charge in [0.2, 0.25) is 5.91 Å². The van der Waals surface area contributed by atoms with E-state index in [0.717, 1.165) is 45.6 Å². The zero-order chi connectivity index (χ0) is 16.9. The number of hydrogen-bond acceptors (Lipinski definition) is 5. The number of likely N-dealkylation sites (N-methyl/N-ethyl adjacent to an activating group) is 1. The summed E-state index contributed by atoms with van der Waals surface area (Å²) >= 11 is 0. The van der Waals surface area contributed by atoms with Crippen LogP contribution in [0.25, 0.3) is 0 Å². The van der Waals surface area contributed by atoms with Gasteiger partial charge < -0.3 is 14.4 Å². The third-order valence-electron chi connectivity index (χ3n) is 4.94. The minimum absolute atomic E-state index is 0.00209. The van der Waals surface area contributed by atoms with E-state index in [9.17, 15) is 4.79 Å². The Bertz CT molecular complexity index is 540. The van der Waals surface area contributed by atoms with Crippen LogP contribution in [0.3, 0.4) is 0 Å². The molecule has 0 saturated carbocycles. The van der Waals surface area contributed by atoms with Crippen molar-refractivity contribution >= 4 is 5.91 Å². The quantitative estimate of drug-likeness (QED) is 0.723. The average Bonchev–Trinajstić information content (AvgIpc) is 3.07. The number of carbonyl (C=O) groups excluding carboxylic acids is 1. The maximum absolute atomic E-state index is 11.6. The van der Waals surface area contributed by atoms with Crippen molar-refractivity contribution < 1.29 is 14.3 Å². The van der Waals surface area contributed by atoms with Crippen molar-refractivity contribution in [2.24, 2.45) is 0 Å². The minimum Gasteiger partial charge on any atom is -0.381 e. The first-order valence-electron chi connectivity index (χ1n) is 8.77. The van der Waals surface area contributed by atoms with Gasteiger partial charge in [0.05, 0.1) is 11.7 Å². The molecular formula is C17H28N4O3. The summed E-state index contributed by atoms with van der Waals surface area (Å²) in [5, 5.41) is 4.49. The standard InChI is InChI=1S/C17H28N4O3/c1-19(2)17(22)13-24-10-6-16-12-20(14-4-8-23-9-5-14)11-15-3-7-18-21(15)16/h3,7,14,16H,4-6,8-13H2,1-2H3/t16-/m1/s1. The van der Waals surface area contributed by atoms with Crippen LogP contribution in [0.2, 0.25) is 0 Å². The lowest BCUT2D eigenvalue weighted by atomic mass is 10.0. The Morgan fingerprint density at radius 3 is 2.96 bits per heavy atom. The Labute approximate surface area is 143 Å². The zero-order valence-electron chi connectivity index (χ0n) is 14.7. The van der Waals surface area contributed by atoms with E-state index >= 15 is 0 Å².